The monoisotopic (exact) mass is 210 g/mol. The molecular formula is C10H15FN4. The van der Waals surface area contributed by atoms with Crippen LogP contribution in [0.1, 0.15) is 6.92 Å². The third-order valence-corrected chi connectivity index (χ3v) is 2.18. The van der Waals surface area contributed by atoms with Gasteiger partial charge in [0, 0.05) is 25.7 Å². The zero-order chi connectivity index (χ0) is 11.4. The normalized spacial score (nSPS) is 12.2. The van der Waals surface area contributed by atoms with Crippen LogP contribution in [0, 0.1) is 17.1 Å². The van der Waals surface area contributed by atoms with Crippen molar-refractivity contribution in [2.75, 3.05) is 18.5 Å². The number of hydrogen-bond donors (Lipinski definition) is 2. The number of anilines is 1. The number of amidine groups is 1. The van der Waals surface area contributed by atoms with Crippen LogP contribution in [0.2, 0.25) is 0 Å². The van der Waals surface area contributed by atoms with E-state index in [4.69, 9.17) is 11.1 Å². The van der Waals surface area contributed by atoms with E-state index in [9.17, 15) is 4.39 Å². The van der Waals surface area contributed by atoms with Gasteiger partial charge in [0.05, 0.1) is 5.84 Å². The van der Waals surface area contributed by atoms with Gasteiger partial charge in [0.15, 0.2) is 11.6 Å². The Balaban J connectivity index is 2.73. The second-order valence-electron chi connectivity index (χ2n) is 3.55. The molecule has 1 rings (SSSR count). The largest absolute Gasteiger partial charge is 0.387 e. The molecule has 4 nitrogen and oxygen atoms in total. The molecule has 0 amide bonds. The molecule has 0 aliphatic rings. The highest BCUT2D eigenvalue weighted by atomic mass is 19.1. The highest BCUT2D eigenvalue weighted by Gasteiger charge is 2.13. The van der Waals surface area contributed by atoms with Crippen molar-refractivity contribution in [1.82, 2.24) is 4.98 Å². The van der Waals surface area contributed by atoms with E-state index >= 15 is 0 Å². The minimum Gasteiger partial charge on any atom is -0.387 e. The van der Waals surface area contributed by atoms with Crippen LogP contribution in [0.3, 0.4) is 0 Å². The molecule has 0 saturated heterocycles. The van der Waals surface area contributed by atoms with Crippen LogP contribution in [-0.2, 0) is 0 Å². The first-order valence-electron chi connectivity index (χ1n) is 4.68. The first-order valence-corrected chi connectivity index (χ1v) is 4.68. The number of rotatable bonds is 4. The van der Waals surface area contributed by atoms with Crippen LogP contribution in [0.15, 0.2) is 18.3 Å². The molecule has 82 valence electrons. The molecule has 15 heavy (non-hydrogen) atoms. The topological polar surface area (TPSA) is 66.0 Å². The number of aromatic nitrogens is 1. The van der Waals surface area contributed by atoms with E-state index in [2.05, 4.69) is 4.98 Å². The summed E-state index contributed by atoms with van der Waals surface area (Å²) in [5.41, 5.74) is 5.34. The Labute approximate surface area is 88.4 Å². The van der Waals surface area contributed by atoms with Gasteiger partial charge in [-0.25, -0.2) is 9.37 Å². The first-order chi connectivity index (χ1) is 7.02. The fraction of sp³-hybridized carbons (Fsp3) is 0.400. The summed E-state index contributed by atoms with van der Waals surface area (Å²) in [7, 11) is 1.73. The van der Waals surface area contributed by atoms with Crippen molar-refractivity contribution in [1.29, 1.82) is 5.41 Å². The molecule has 0 aromatic carbocycles. The summed E-state index contributed by atoms with van der Waals surface area (Å²) in [6, 6.07) is 2.90. The number of halogens is 1. The fourth-order valence-electron chi connectivity index (χ4n) is 1.25. The van der Waals surface area contributed by atoms with Gasteiger partial charge in [0.25, 0.3) is 0 Å². The van der Waals surface area contributed by atoms with Crippen LogP contribution < -0.4 is 10.6 Å². The lowest BCUT2D eigenvalue weighted by molar-refractivity contribution is 0.608. The maximum atomic E-state index is 13.3. The molecule has 0 radical (unpaired) electrons. The maximum Gasteiger partial charge on any atom is 0.165 e. The van der Waals surface area contributed by atoms with E-state index < -0.39 is 0 Å². The molecule has 0 spiro atoms. The molecule has 5 heteroatoms. The van der Waals surface area contributed by atoms with Gasteiger partial charge in [-0.1, -0.05) is 6.92 Å². The van der Waals surface area contributed by atoms with E-state index in [1.54, 1.807) is 18.0 Å². The molecule has 0 fully saturated rings. The van der Waals surface area contributed by atoms with Crippen molar-refractivity contribution < 1.29 is 4.39 Å². The molecule has 1 unspecified atom stereocenters. The van der Waals surface area contributed by atoms with Gasteiger partial charge in [-0.2, -0.15) is 0 Å². The molecule has 0 aliphatic heterocycles. The molecule has 0 bridgehead atoms. The van der Waals surface area contributed by atoms with Crippen molar-refractivity contribution in [3.05, 3.63) is 24.1 Å². The van der Waals surface area contributed by atoms with Gasteiger partial charge < -0.3 is 10.6 Å². The van der Waals surface area contributed by atoms with Gasteiger partial charge in [0.1, 0.15) is 0 Å². The van der Waals surface area contributed by atoms with E-state index in [0.717, 1.165) is 0 Å². The lowest BCUT2D eigenvalue weighted by Gasteiger charge is -2.21. The Bertz CT molecular complexity index is 353. The summed E-state index contributed by atoms with van der Waals surface area (Å²) < 4.78 is 13.3. The Hall–Kier alpha value is -1.65. The Morgan fingerprint density at radius 2 is 2.40 bits per heavy atom. The lowest BCUT2D eigenvalue weighted by atomic mass is 10.1. The molecule has 0 aliphatic carbocycles. The van der Waals surface area contributed by atoms with Crippen LogP contribution >= 0.6 is 0 Å². The van der Waals surface area contributed by atoms with Gasteiger partial charge in [-0.05, 0) is 12.1 Å². The zero-order valence-corrected chi connectivity index (χ0v) is 8.87. The maximum absolute atomic E-state index is 13.3. The third kappa shape index (κ3) is 2.90. The van der Waals surface area contributed by atoms with Crippen molar-refractivity contribution in [2.45, 2.75) is 6.92 Å². The Morgan fingerprint density at radius 3 is 2.93 bits per heavy atom. The molecule has 3 N–H and O–H groups in total. The van der Waals surface area contributed by atoms with Gasteiger partial charge in [0.2, 0.25) is 0 Å². The minimum atomic E-state index is -0.365. The first kappa shape index (κ1) is 11.4. The minimum absolute atomic E-state index is 0.0955. The van der Waals surface area contributed by atoms with Gasteiger partial charge in [-0.3, -0.25) is 5.41 Å². The predicted molar refractivity (Wildman–Crippen MR) is 58.5 cm³/mol. The summed E-state index contributed by atoms with van der Waals surface area (Å²) in [5, 5.41) is 7.25. The lowest BCUT2D eigenvalue weighted by Crippen LogP contribution is -2.32. The Kier molecular flexibility index (Phi) is 3.60. The van der Waals surface area contributed by atoms with Crippen LogP contribution in [0.5, 0.6) is 0 Å². The zero-order valence-electron chi connectivity index (χ0n) is 8.87. The van der Waals surface area contributed by atoms with Crippen molar-refractivity contribution >= 4 is 11.7 Å². The standard InChI is InChI=1S/C10H15FN4/c1-7(9(12)13)6-15(2)10-8(11)4-3-5-14-10/h3-5,7H,6H2,1-2H3,(H3,12,13). The Morgan fingerprint density at radius 1 is 1.73 bits per heavy atom. The number of nitrogens with zero attached hydrogens (tertiary/aromatic N) is 2. The SMILES string of the molecule is CC(CN(C)c1ncccc1F)C(=N)N. The smallest absolute Gasteiger partial charge is 0.165 e. The predicted octanol–water partition coefficient (Wildman–Crippen LogP) is 1.23. The fourth-order valence-corrected chi connectivity index (χ4v) is 1.25. The van der Waals surface area contributed by atoms with E-state index in [1.165, 1.54) is 12.3 Å². The van der Waals surface area contributed by atoms with E-state index in [1.807, 2.05) is 6.92 Å². The van der Waals surface area contributed by atoms with Crippen LogP contribution in [-0.4, -0.2) is 24.4 Å². The van der Waals surface area contributed by atoms with Crippen molar-refractivity contribution in [2.24, 2.45) is 11.7 Å². The summed E-state index contributed by atoms with van der Waals surface area (Å²) in [5.74, 6) is -0.101. The molecular weight excluding hydrogens is 195 g/mol. The number of nitrogens with two attached hydrogens (primary N) is 1. The van der Waals surface area contributed by atoms with Gasteiger partial charge in [-0.15, -0.1) is 0 Å². The second kappa shape index (κ2) is 4.72. The summed E-state index contributed by atoms with van der Waals surface area (Å²) in [6.45, 7) is 2.29. The second-order valence-corrected chi connectivity index (χ2v) is 3.55. The van der Waals surface area contributed by atoms with Crippen molar-refractivity contribution in [3.63, 3.8) is 0 Å². The van der Waals surface area contributed by atoms with Gasteiger partial charge >= 0.3 is 0 Å². The summed E-state index contributed by atoms with van der Waals surface area (Å²) in [4.78, 5) is 5.58. The molecule has 1 heterocycles. The van der Waals surface area contributed by atoms with Crippen molar-refractivity contribution in [3.8, 4) is 0 Å². The van der Waals surface area contributed by atoms with E-state index in [0.29, 0.717) is 6.54 Å². The highest BCUT2D eigenvalue weighted by Crippen LogP contribution is 2.14. The molecule has 1 atom stereocenters. The number of pyridine rings is 1. The number of nitrogens with one attached hydrogen (secondary N) is 1. The van der Waals surface area contributed by atoms with Crippen LogP contribution in [0.25, 0.3) is 0 Å². The number of hydrogen-bond acceptors (Lipinski definition) is 3. The molecule has 0 saturated carbocycles. The molecule has 1 aromatic rings. The van der Waals surface area contributed by atoms with Crippen LogP contribution in [0.4, 0.5) is 10.2 Å². The summed E-state index contributed by atoms with van der Waals surface area (Å²) in [6.07, 6.45) is 1.54. The highest BCUT2D eigenvalue weighted by molar-refractivity contribution is 5.79. The average molecular weight is 210 g/mol. The summed E-state index contributed by atoms with van der Waals surface area (Å²) >= 11 is 0. The molecule has 1 aromatic heterocycles. The average Bonchev–Trinajstić information content (AvgIpc) is 2.18. The quantitative estimate of drug-likeness (QED) is 0.580. The van der Waals surface area contributed by atoms with E-state index in [-0.39, 0.29) is 23.4 Å². The third-order valence-electron chi connectivity index (χ3n) is 2.18.